The standard InChI is InChI=1S/C19H21NO2S/c1-3-22-19(21)17-11-16(17)15-9-10-18(20-13(15)2)23-12-14-7-5-4-6-8-14/h4-10,16-17H,3,11-12H2,1-2H3/t16-,17+/m0/s1. The summed E-state index contributed by atoms with van der Waals surface area (Å²) in [5, 5.41) is 1.03. The van der Waals surface area contributed by atoms with Crippen molar-refractivity contribution in [3.05, 3.63) is 59.3 Å². The van der Waals surface area contributed by atoms with Gasteiger partial charge in [-0.2, -0.15) is 0 Å². The summed E-state index contributed by atoms with van der Waals surface area (Å²) in [5.41, 5.74) is 3.51. The van der Waals surface area contributed by atoms with Crippen molar-refractivity contribution in [2.45, 2.75) is 37.0 Å². The summed E-state index contributed by atoms with van der Waals surface area (Å²) in [5.74, 6) is 1.16. The van der Waals surface area contributed by atoms with Crippen LogP contribution in [-0.2, 0) is 15.3 Å². The van der Waals surface area contributed by atoms with Crippen molar-refractivity contribution in [2.24, 2.45) is 5.92 Å². The van der Waals surface area contributed by atoms with Gasteiger partial charge in [-0.15, -0.1) is 11.8 Å². The Labute approximate surface area is 141 Å². The van der Waals surface area contributed by atoms with E-state index in [4.69, 9.17) is 9.72 Å². The molecule has 0 radical (unpaired) electrons. The van der Waals surface area contributed by atoms with E-state index < -0.39 is 0 Å². The number of hydrogen-bond acceptors (Lipinski definition) is 4. The predicted molar refractivity (Wildman–Crippen MR) is 92.5 cm³/mol. The molecule has 0 bridgehead atoms. The molecule has 1 heterocycles. The van der Waals surface area contributed by atoms with Crippen LogP contribution in [0.5, 0.6) is 0 Å². The van der Waals surface area contributed by atoms with Gasteiger partial charge in [0, 0.05) is 11.4 Å². The number of rotatable bonds is 6. The van der Waals surface area contributed by atoms with Crippen LogP contribution in [0.15, 0.2) is 47.5 Å². The van der Waals surface area contributed by atoms with Crippen molar-refractivity contribution >= 4 is 17.7 Å². The van der Waals surface area contributed by atoms with Gasteiger partial charge in [0.1, 0.15) is 0 Å². The molecular formula is C19H21NO2S. The number of aromatic nitrogens is 1. The molecule has 0 unspecified atom stereocenters. The van der Waals surface area contributed by atoms with Crippen molar-refractivity contribution in [3.8, 4) is 0 Å². The second-order valence-electron chi connectivity index (χ2n) is 5.80. The van der Waals surface area contributed by atoms with Gasteiger partial charge in [-0.25, -0.2) is 4.98 Å². The second-order valence-corrected chi connectivity index (χ2v) is 6.79. The van der Waals surface area contributed by atoms with E-state index in [0.29, 0.717) is 6.61 Å². The second kappa shape index (κ2) is 7.18. The van der Waals surface area contributed by atoms with Crippen molar-refractivity contribution in [1.29, 1.82) is 0 Å². The highest BCUT2D eigenvalue weighted by Gasteiger charge is 2.45. The van der Waals surface area contributed by atoms with Crippen LogP contribution in [0.2, 0.25) is 0 Å². The molecule has 3 nitrogen and oxygen atoms in total. The molecule has 120 valence electrons. The lowest BCUT2D eigenvalue weighted by atomic mass is 10.1. The van der Waals surface area contributed by atoms with E-state index in [2.05, 4.69) is 36.4 Å². The number of hydrogen-bond donors (Lipinski definition) is 0. The van der Waals surface area contributed by atoms with Gasteiger partial charge in [0.2, 0.25) is 0 Å². The van der Waals surface area contributed by atoms with Gasteiger partial charge in [-0.05, 0) is 43.4 Å². The SMILES string of the molecule is CCOC(=O)[C@@H]1C[C@H]1c1ccc(SCc2ccccc2)nc1C. The fraction of sp³-hybridized carbons (Fsp3) is 0.368. The van der Waals surface area contributed by atoms with E-state index in [1.54, 1.807) is 11.8 Å². The monoisotopic (exact) mass is 327 g/mol. The fourth-order valence-corrected chi connectivity index (χ4v) is 3.67. The molecule has 4 heteroatoms. The highest BCUT2D eigenvalue weighted by Crippen LogP contribution is 2.49. The van der Waals surface area contributed by atoms with Gasteiger partial charge in [0.25, 0.3) is 0 Å². The largest absolute Gasteiger partial charge is 0.466 e. The number of thioether (sulfide) groups is 1. The molecule has 1 aromatic heterocycles. The third-order valence-electron chi connectivity index (χ3n) is 4.11. The quantitative estimate of drug-likeness (QED) is 0.584. The van der Waals surface area contributed by atoms with Gasteiger partial charge in [0.05, 0.1) is 17.6 Å². The Bertz CT molecular complexity index is 687. The number of nitrogens with zero attached hydrogens (tertiary/aromatic N) is 1. The minimum absolute atomic E-state index is 0.0262. The van der Waals surface area contributed by atoms with E-state index in [1.807, 2.05) is 19.9 Å². The third kappa shape index (κ3) is 3.94. The van der Waals surface area contributed by atoms with Crippen LogP contribution in [0.4, 0.5) is 0 Å². The van der Waals surface area contributed by atoms with Crippen molar-refractivity contribution in [1.82, 2.24) is 4.98 Å². The van der Waals surface area contributed by atoms with Crippen molar-refractivity contribution in [3.63, 3.8) is 0 Å². The van der Waals surface area contributed by atoms with Gasteiger partial charge in [0.15, 0.2) is 0 Å². The molecule has 0 N–H and O–H groups in total. The Hall–Kier alpha value is -1.81. The van der Waals surface area contributed by atoms with Crippen LogP contribution in [0.3, 0.4) is 0 Å². The number of esters is 1. The van der Waals surface area contributed by atoms with Crippen LogP contribution in [0, 0.1) is 12.8 Å². The molecule has 0 aliphatic heterocycles. The zero-order valence-corrected chi connectivity index (χ0v) is 14.3. The van der Waals surface area contributed by atoms with Crippen LogP contribution in [0.25, 0.3) is 0 Å². The molecule has 2 atom stereocenters. The minimum Gasteiger partial charge on any atom is -0.466 e. The summed E-state index contributed by atoms with van der Waals surface area (Å²) in [6.07, 6.45) is 0.887. The Morgan fingerprint density at radius 1 is 1.26 bits per heavy atom. The maximum absolute atomic E-state index is 11.8. The molecule has 1 aliphatic carbocycles. The third-order valence-corrected chi connectivity index (χ3v) is 5.11. The topological polar surface area (TPSA) is 39.2 Å². The normalized spacial score (nSPS) is 19.4. The lowest BCUT2D eigenvalue weighted by Gasteiger charge is -2.08. The Kier molecular flexibility index (Phi) is 5.01. The molecule has 23 heavy (non-hydrogen) atoms. The number of aryl methyl sites for hydroxylation is 1. The zero-order valence-electron chi connectivity index (χ0n) is 13.5. The summed E-state index contributed by atoms with van der Waals surface area (Å²) < 4.78 is 5.11. The van der Waals surface area contributed by atoms with E-state index in [9.17, 15) is 4.79 Å². The van der Waals surface area contributed by atoms with Crippen LogP contribution in [0.1, 0.15) is 36.1 Å². The highest BCUT2D eigenvalue weighted by atomic mass is 32.2. The molecule has 1 aromatic carbocycles. The first-order valence-corrected chi connectivity index (χ1v) is 8.98. The molecule has 0 saturated heterocycles. The number of benzene rings is 1. The van der Waals surface area contributed by atoms with Crippen LogP contribution < -0.4 is 0 Å². The summed E-state index contributed by atoms with van der Waals surface area (Å²) in [6.45, 7) is 4.33. The fourth-order valence-electron chi connectivity index (χ4n) is 2.80. The van der Waals surface area contributed by atoms with Gasteiger partial charge in [-0.1, -0.05) is 36.4 Å². The summed E-state index contributed by atoms with van der Waals surface area (Å²) in [4.78, 5) is 16.5. The first-order valence-electron chi connectivity index (χ1n) is 8.00. The molecule has 1 fully saturated rings. The van der Waals surface area contributed by atoms with Gasteiger partial charge >= 0.3 is 5.97 Å². The number of pyridine rings is 1. The van der Waals surface area contributed by atoms with E-state index >= 15 is 0 Å². The predicted octanol–water partition coefficient (Wildman–Crippen LogP) is 4.35. The number of ether oxygens (including phenoxy) is 1. The molecule has 0 amide bonds. The molecule has 1 aliphatic rings. The van der Waals surface area contributed by atoms with E-state index in [-0.39, 0.29) is 17.8 Å². The van der Waals surface area contributed by atoms with Gasteiger partial charge in [-0.3, -0.25) is 4.79 Å². The van der Waals surface area contributed by atoms with Gasteiger partial charge < -0.3 is 4.74 Å². The molecule has 2 aromatic rings. The Morgan fingerprint density at radius 2 is 2.04 bits per heavy atom. The molecule has 3 rings (SSSR count). The molecule has 0 spiro atoms. The lowest BCUT2D eigenvalue weighted by molar-refractivity contribution is -0.144. The summed E-state index contributed by atoms with van der Waals surface area (Å²) in [6, 6.07) is 14.6. The highest BCUT2D eigenvalue weighted by molar-refractivity contribution is 7.98. The smallest absolute Gasteiger partial charge is 0.309 e. The van der Waals surface area contributed by atoms with Crippen LogP contribution >= 0.6 is 11.8 Å². The van der Waals surface area contributed by atoms with Crippen LogP contribution in [-0.4, -0.2) is 17.6 Å². The molecule has 1 saturated carbocycles. The number of carbonyl (C=O) groups is 1. The summed E-state index contributed by atoms with van der Waals surface area (Å²) >= 11 is 1.74. The average Bonchev–Trinajstić information content (AvgIpc) is 3.35. The maximum atomic E-state index is 11.8. The Morgan fingerprint density at radius 3 is 2.74 bits per heavy atom. The average molecular weight is 327 g/mol. The maximum Gasteiger partial charge on any atom is 0.309 e. The van der Waals surface area contributed by atoms with Crippen molar-refractivity contribution < 1.29 is 9.53 Å². The minimum atomic E-state index is -0.0700. The Balaban J connectivity index is 1.62. The lowest BCUT2D eigenvalue weighted by Crippen LogP contribution is -2.07. The number of carbonyl (C=O) groups excluding carboxylic acids is 1. The summed E-state index contributed by atoms with van der Waals surface area (Å²) in [7, 11) is 0. The van der Waals surface area contributed by atoms with Crippen molar-refractivity contribution in [2.75, 3.05) is 6.61 Å². The van der Waals surface area contributed by atoms with E-state index in [0.717, 1.165) is 22.9 Å². The first-order chi connectivity index (χ1) is 11.2. The first kappa shape index (κ1) is 16.1. The van der Waals surface area contributed by atoms with E-state index in [1.165, 1.54) is 11.1 Å². The molecular weight excluding hydrogens is 306 g/mol. The zero-order chi connectivity index (χ0) is 16.2.